The van der Waals surface area contributed by atoms with Crippen LogP contribution >= 0.6 is 0 Å². The van der Waals surface area contributed by atoms with E-state index in [0.29, 0.717) is 12.1 Å². The van der Waals surface area contributed by atoms with Gasteiger partial charge in [-0.1, -0.05) is 45.0 Å². The number of likely N-dealkylation sites (tertiary alicyclic amines) is 1. The molecule has 2 nitrogen and oxygen atoms in total. The quantitative estimate of drug-likeness (QED) is 0.913. The van der Waals surface area contributed by atoms with Crippen molar-refractivity contribution in [2.24, 2.45) is 11.8 Å². The molecule has 0 aromatic heterocycles. The van der Waals surface area contributed by atoms with Gasteiger partial charge in [-0.15, -0.1) is 0 Å². The molecule has 1 fully saturated rings. The number of aryl methyl sites for hydroxylation is 1. The Morgan fingerprint density at radius 1 is 1.14 bits per heavy atom. The summed E-state index contributed by atoms with van der Waals surface area (Å²) in [4.78, 5) is 2.77. The third kappa shape index (κ3) is 3.02. The minimum Gasteiger partial charge on any atom is -0.309 e. The molecule has 4 atom stereocenters. The maximum Gasteiger partial charge on any atom is 0.0480 e. The van der Waals surface area contributed by atoms with Crippen molar-refractivity contribution in [1.82, 2.24) is 10.2 Å². The largest absolute Gasteiger partial charge is 0.309 e. The van der Waals surface area contributed by atoms with Crippen molar-refractivity contribution >= 4 is 0 Å². The molecule has 0 bridgehead atoms. The highest BCUT2D eigenvalue weighted by atomic mass is 15.2. The Labute approximate surface area is 129 Å². The fourth-order valence-electron chi connectivity index (χ4n) is 4.20. The Kier molecular flexibility index (Phi) is 4.66. The van der Waals surface area contributed by atoms with E-state index >= 15 is 0 Å². The molecule has 1 aromatic carbocycles. The van der Waals surface area contributed by atoms with E-state index in [1.54, 1.807) is 11.1 Å². The summed E-state index contributed by atoms with van der Waals surface area (Å²) in [5, 5.41) is 3.77. The van der Waals surface area contributed by atoms with Crippen molar-refractivity contribution in [3.05, 3.63) is 35.4 Å². The molecule has 0 radical (unpaired) electrons. The third-order valence-corrected chi connectivity index (χ3v) is 5.74. The fraction of sp³-hybridized carbons (Fsp3) is 0.684. The normalized spacial score (nSPS) is 33.7. The summed E-state index contributed by atoms with van der Waals surface area (Å²) in [7, 11) is 0. The van der Waals surface area contributed by atoms with Gasteiger partial charge in [0.15, 0.2) is 0 Å². The van der Waals surface area contributed by atoms with Gasteiger partial charge in [0.05, 0.1) is 0 Å². The van der Waals surface area contributed by atoms with Crippen molar-refractivity contribution in [3.63, 3.8) is 0 Å². The zero-order valence-electron chi connectivity index (χ0n) is 13.8. The number of nitrogens with zero attached hydrogens (tertiary/aromatic N) is 1. The number of likely N-dealkylation sites (N-methyl/N-ethyl adjacent to an activating group) is 1. The lowest BCUT2D eigenvalue weighted by atomic mass is 9.80. The molecule has 1 N–H and O–H groups in total. The van der Waals surface area contributed by atoms with Gasteiger partial charge >= 0.3 is 0 Å². The van der Waals surface area contributed by atoms with Crippen molar-refractivity contribution in [1.29, 1.82) is 0 Å². The molecule has 21 heavy (non-hydrogen) atoms. The Balaban J connectivity index is 1.82. The highest BCUT2D eigenvalue weighted by Gasteiger charge is 2.35. The van der Waals surface area contributed by atoms with Crippen LogP contribution in [0.25, 0.3) is 0 Å². The zero-order valence-corrected chi connectivity index (χ0v) is 13.8. The van der Waals surface area contributed by atoms with E-state index in [0.717, 1.165) is 18.4 Å². The van der Waals surface area contributed by atoms with Crippen LogP contribution in [-0.4, -0.2) is 30.6 Å². The van der Waals surface area contributed by atoms with Crippen molar-refractivity contribution in [3.8, 4) is 0 Å². The minimum atomic E-state index is 0.514. The molecule has 3 rings (SSSR count). The maximum absolute atomic E-state index is 3.77. The number of hydrogen-bond donors (Lipinski definition) is 1. The number of benzene rings is 1. The molecule has 1 aromatic rings. The van der Waals surface area contributed by atoms with Gasteiger partial charge in [0.25, 0.3) is 0 Å². The van der Waals surface area contributed by atoms with Gasteiger partial charge in [0, 0.05) is 18.6 Å². The van der Waals surface area contributed by atoms with Crippen molar-refractivity contribution in [2.45, 2.75) is 52.1 Å². The zero-order chi connectivity index (χ0) is 14.8. The predicted octanol–water partition coefficient (Wildman–Crippen LogP) is 3.63. The van der Waals surface area contributed by atoms with Crippen LogP contribution in [0, 0.1) is 11.8 Å². The average molecular weight is 286 g/mol. The van der Waals surface area contributed by atoms with Crippen molar-refractivity contribution in [2.75, 3.05) is 19.6 Å². The Bertz CT molecular complexity index is 470. The average Bonchev–Trinajstić information content (AvgIpc) is 2.51. The van der Waals surface area contributed by atoms with Gasteiger partial charge in [-0.2, -0.15) is 0 Å². The molecular formula is C19H30N2. The van der Waals surface area contributed by atoms with Gasteiger partial charge in [0.2, 0.25) is 0 Å². The molecule has 0 spiro atoms. The number of hydrogen-bond acceptors (Lipinski definition) is 2. The Morgan fingerprint density at radius 2 is 1.95 bits per heavy atom. The molecule has 0 saturated carbocycles. The molecular weight excluding hydrogens is 256 g/mol. The smallest absolute Gasteiger partial charge is 0.0480 e. The summed E-state index contributed by atoms with van der Waals surface area (Å²) in [6, 6.07) is 10.2. The standard InChI is InChI=1S/C19H30N2/c1-4-20-19-17-8-6-5-7-16(17)9-10-18(19)21-12-11-14(2)15(3)13-21/h5-8,14-15,18-20H,4,9-13H2,1-3H3. The first-order chi connectivity index (χ1) is 10.2. The van der Waals surface area contributed by atoms with Crippen LogP contribution in [0.15, 0.2) is 24.3 Å². The summed E-state index contributed by atoms with van der Waals surface area (Å²) in [5.74, 6) is 1.72. The van der Waals surface area contributed by atoms with Crippen LogP contribution in [0.2, 0.25) is 0 Å². The highest BCUT2D eigenvalue weighted by Crippen LogP contribution is 2.35. The van der Waals surface area contributed by atoms with Gasteiger partial charge < -0.3 is 5.32 Å². The second-order valence-electron chi connectivity index (χ2n) is 7.08. The lowest BCUT2D eigenvalue weighted by Gasteiger charge is -2.45. The van der Waals surface area contributed by atoms with E-state index < -0.39 is 0 Å². The Morgan fingerprint density at radius 3 is 2.71 bits per heavy atom. The van der Waals surface area contributed by atoms with Crippen molar-refractivity contribution < 1.29 is 0 Å². The van der Waals surface area contributed by atoms with E-state index in [1.807, 2.05) is 0 Å². The van der Waals surface area contributed by atoms with Crippen LogP contribution in [0.5, 0.6) is 0 Å². The number of nitrogens with one attached hydrogen (secondary N) is 1. The van der Waals surface area contributed by atoms with E-state index in [1.165, 1.54) is 32.4 Å². The monoisotopic (exact) mass is 286 g/mol. The van der Waals surface area contributed by atoms with Crippen LogP contribution < -0.4 is 5.32 Å². The van der Waals surface area contributed by atoms with Crippen LogP contribution in [0.1, 0.15) is 50.8 Å². The molecule has 116 valence electrons. The molecule has 1 aliphatic carbocycles. The molecule has 0 amide bonds. The predicted molar refractivity (Wildman–Crippen MR) is 89.5 cm³/mol. The van der Waals surface area contributed by atoms with Gasteiger partial charge in [-0.05, 0) is 55.3 Å². The van der Waals surface area contributed by atoms with Crippen LogP contribution in [0.3, 0.4) is 0 Å². The van der Waals surface area contributed by atoms with Gasteiger partial charge in [-0.3, -0.25) is 4.90 Å². The summed E-state index contributed by atoms with van der Waals surface area (Å²) < 4.78 is 0. The van der Waals surface area contributed by atoms with E-state index in [4.69, 9.17) is 0 Å². The summed E-state index contributed by atoms with van der Waals surface area (Å²) in [5.41, 5.74) is 3.10. The number of fused-ring (bicyclic) bond motifs is 1. The SMILES string of the molecule is CCNC1c2ccccc2CCC1N1CCC(C)C(C)C1. The van der Waals surface area contributed by atoms with Crippen LogP contribution in [-0.2, 0) is 6.42 Å². The van der Waals surface area contributed by atoms with Crippen LogP contribution in [0.4, 0.5) is 0 Å². The Hall–Kier alpha value is -0.860. The molecule has 4 unspecified atom stereocenters. The second-order valence-corrected chi connectivity index (χ2v) is 7.08. The first-order valence-electron chi connectivity index (χ1n) is 8.76. The molecule has 2 aliphatic rings. The molecule has 1 heterocycles. The minimum absolute atomic E-state index is 0.514. The van der Waals surface area contributed by atoms with E-state index in [2.05, 4.69) is 55.3 Å². The summed E-state index contributed by atoms with van der Waals surface area (Å²) in [6.07, 6.45) is 3.90. The summed E-state index contributed by atoms with van der Waals surface area (Å²) >= 11 is 0. The lowest BCUT2D eigenvalue weighted by molar-refractivity contribution is 0.0675. The number of piperidine rings is 1. The number of rotatable bonds is 3. The molecule has 2 heteroatoms. The first kappa shape index (κ1) is 15.1. The third-order valence-electron chi connectivity index (χ3n) is 5.74. The van der Waals surface area contributed by atoms with E-state index in [9.17, 15) is 0 Å². The molecule has 1 aliphatic heterocycles. The maximum atomic E-state index is 3.77. The van der Waals surface area contributed by atoms with Gasteiger partial charge in [-0.25, -0.2) is 0 Å². The second kappa shape index (κ2) is 6.50. The highest BCUT2D eigenvalue weighted by molar-refractivity contribution is 5.34. The fourth-order valence-corrected chi connectivity index (χ4v) is 4.20. The lowest BCUT2D eigenvalue weighted by Crippen LogP contribution is -2.51. The topological polar surface area (TPSA) is 15.3 Å². The first-order valence-corrected chi connectivity index (χ1v) is 8.76. The molecule has 1 saturated heterocycles. The summed E-state index contributed by atoms with van der Waals surface area (Å²) in [6.45, 7) is 10.7. The van der Waals surface area contributed by atoms with Gasteiger partial charge in [0.1, 0.15) is 0 Å². The van der Waals surface area contributed by atoms with E-state index in [-0.39, 0.29) is 0 Å².